The first-order chi connectivity index (χ1) is 8.90. The van der Waals surface area contributed by atoms with Crippen molar-refractivity contribution < 1.29 is 14.3 Å². The number of nitriles is 1. The lowest BCUT2D eigenvalue weighted by molar-refractivity contribution is -0.117. The quantitative estimate of drug-likeness (QED) is 0.829. The first-order valence-electron chi connectivity index (χ1n) is 6.01. The number of carbonyl (C=O) groups excluding carboxylic acids is 1. The second-order valence-corrected chi connectivity index (χ2v) is 4.59. The number of nitrogens with one attached hydrogen (secondary N) is 1. The summed E-state index contributed by atoms with van der Waals surface area (Å²) < 4.78 is 5.35. The van der Waals surface area contributed by atoms with Crippen LogP contribution in [0.1, 0.15) is 23.8 Å². The van der Waals surface area contributed by atoms with E-state index in [-0.39, 0.29) is 31.0 Å². The number of carbonyl (C=O) groups is 1. The normalized spacial score (nSPS) is 12.3. The molecule has 6 heteroatoms. The SMILES string of the molecule is Cc1oc(NC(=O)CN(C)C(C)CO)c(C#N)c1C. The van der Waals surface area contributed by atoms with E-state index in [0.29, 0.717) is 11.3 Å². The number of anilines is 1. The summed E-state index contributed by atoms with van der Waals surface area (Å²) in [5.41, 5.74) is 1.08. The zero-order valence-corrected chi connectivity index (χ0v) is 11.6. The van der Waals surface area contributed by atoms with Crippen LogP contribution in [0.15, 0.2) is 4.42 Å². The number of aliphatic hydroxyl groups is 1. The van der Waals surface area contributed by atoms with Crippen molar-refractivity contribution in [3.05, 3.63) is 16.9 Å². The monoisotopic (exact) mass is 265 g/mol. The van der Waals surface area contributed by atoms with Crippen molar-refractivity contribution in [2.24, 2.45) is 0 Å². The predicted molar refractivity (Wildman–Crippen MR) is 70.7 cm³/mol. The first kappa shape index (κ1) is 15.2. The molecule has 0 spiro atoms. The van der Waals surface area contributed by atoms with Gasteiger partial charge < -0.3 is 9.52 Å². The Labute approximate surface area is 112 Å². The second-order valence-electron chi connectivity index (χ2n) is 4.59. The molecule has 1 heterocycles. The van der Waals surface area contributed by atoms with Crippen molar-refractivity contribution in [3.8, 4) is 6.07 Å². The maximum atomic E-state index is 11.8. The molecule has 6 nitrogen and oxygen atoms in total. The third-order valence-corrected chi connectivity index (χ3v) is 3.16. The Bertz CT molecular complexity index is 502. The fraction of sp³-hybridized carbons (Fsp3) is 0.538. The third-order valence-electron chi connectivity index (χ3n) is 3.16. The number of nitrogens with zero attached hydrogens (tertiary/aromatic N) is 2. The first-order valence-corrected chi connectivity index (χ1v) is 6.01. The second kappa shape index (κ2) is 6.36. The lowest BCUT2D eigenvalue weighted by Gasteiger charge is -2.21. The van der Waals surface area contributed by atoms with Crippen LogP contribution in [0.25, 0.3) is 0 Å². The summed E-state index contributed by atoms with van der Waals surface area (Å²) >= 11 is 0. The van der Waals surface area contributed by atoms with Crippen LogP contribution in [0.5, 0.6) is 0 Å². The number of amides is 1. The van der Waals surface area contributed by atoms with Gasteiger partial charge in [-0.1, -0.05) is 0 Å². The molecule has 19 heavy (non-hydrogen) atoms. The molecule has 0 aliphatic heterocycles. The Morgan fingerprint density at radius 2 is 2.21 bits per heavy atom. The van der Waals surface area contributed by atoms with Crippen LogP contribution in [0, 0.1) is 25.2 Å². The van der Waals surface area contributed by atoms with Crippen LogP contribution in [0.2, 0.25) is 0 Å². The van der Waals surface area contributed by atoms with Gasteiger partial charge in [-0.3, -0.25) is 15.0 Å². The number of likely N-dealkylation sites (N-methyl/N-ethyl adjacent to an activating group) is 1. The van der Waals surface area contributed by atoms with Crippen molar-refractivity contribution in [1.29, 1.82) is 5.26 Å². The summed E-state index contributed by atoms with van der Waals surface area (Å²) in [5.74, 6) is 0.518. The summed E-state index contributed by atoms with van der Waals surface area (Å²) in [7, 11) is 1.74. The van der Waals surface area contributed by atoms with Gasteiger partial charge in [0.2, 0.25) is 11.8 Å². The van der Waals surface area contributed by atoms with E-state index in [9.17, 15) is 4.79 Å². The number of aryl methyl sites for hydroxylation is 1. The Morgan fingerprint density at radius 3 is 2.74 bits per heavy atom. The Morgan fingerprint density at radius 1 is 1.58 bits per heavy atom. The fourth-order valence-corrected chi connectivity index (χ4v) is 1.54. The Balaban J connectivity index is 2.73. The predicted octanol–water partition coefficient (Wildman–Crippen LogP) is 1.02. The van der Waals surface area contributed by atoms with E-state index in [1.807, 2.05) is 13.0 Å². The highest BCUT2D eigenvalue weighted by Gasteiger charge is 2.18. The number of furan rings is 1. The zero-order chi connectivity index (χ0) is 14.6. The molecule has 0 bridgehead atoms. The van der Waals surface area contributed by atoms with Gasteiger partial charge in [-0.05, 0) is 27.8 Å². The lowest BCUT2D eigenvalue weighted by Crippen LogP contribution is -2.38. The molecule has 1 rings (SSSR count). The van der Waals surface area contributed by atoms with E-state index >= 15 is 0 Å². The average Bonchev–Trinajstić information content (AvgIpc) is 2.62. The molecular weight excluding hydrogens is 246 g/mol. The fourth-order valence-electron chi connectivity index (χ4n) is 1.54. The molecule has 1 unspecified atom stereocenters. The smallest absolute Gasteiger partial charge is 0.240 e. The van der Waals surface area contributed by atoms with Gasteiger partial charge in [0.25, 0.3) is 0 Å². The maximum absolute atomic E-state index is 11.8. The van der Waals surface area contributed by atoms with Crippen molar-refractivity contribution >= 4 is 11.8 Å². The standard InChI is InChI=1S/C13H19N3O3/c1-8(7-17)16(4)6-12(18)15-13-11(5-14)9(2)10(3)19-13/h8,17H,6-7H2,1-4H3,(H,15,18). The van der Waals surface area contributed by atoms with Gasteiger partial charge in [-0.25, -0.2) is 0 Å². The molecule has 1 aromatic heterocycles. The zero-order valence-electron chi connectivity index (χ0n) is 11.6. The number of aliphatic hydroxyl groups excluding tert-OH is 1. The summed E-state index contributed by atoms with van der Waals surface area (Å²) in [5, 5.41) is 20.6. The van der Waals surface area contributed by atoms with Gasteiger partial charge in [0.05, 0.1) is 13.2 Å². The molecule has 0 aliphatic rings. The van der Waals surface area contributed by atoms with Crippen LogP contribution in [0.4, 0.5) is 5.88 Å². The van der Waals surface area contributed by atoms with Crippen molar-refractivity contribution in [2.45, 2.75) is 26.8 Å². The van der Waals surface area contributed by atoms with Crippen LogP contribution in [-0.4, -0.2) is 42.2 Å². The molecular formula is C13H19N3O3. The van der Waals surface area contributed by atoms with E-state index in [0.717, 1.165) is 5.56 Å². The van der Waals surface area contributed by atoms with Crippen molar-refractivity contribution in [2.75, 3.05) is 25.5 Å². The maximum Gasteiger partial charge on any atom is 0.240 e. The molecule has 2 N–H and O–H groups in total. The number of hydrogen-bond donors (Lipinski definition) is 2. The third kappa shape index (κ3) is 3.56. The Kier molecular flexibility index (Phi) is 5.10. The van der Waals surface area contributed by atoms with E-state index in [4.69, 9.17) is 14.8 Å². The van der Waals surface area contributed by atoms with Gasteiger partial charge in [-0.15, -0.1) is 0 Å². The van der Waals surface area contributed by atoms with Crippen LogP contribution < -0.4 is 5.32 Å². The van der Waals surface area contributed by atoms with E-state index < -0.39 is 0 Å². The average molecular weight is 265 g/mol. The molecule has 104 valence electrons. The van der Waals surface area contributed by atoms with Crippen molar-refractivity contribution in [1.82, 2.24) is 4.90 Å². The van der Waals surface area contributed by atoms with Gasteiger partial charge in [0, 0.05) is 11.6 Å². The highest BCUT2D eigenvalue weighted by Crippen LogP contribution is 2.25. The Hall–Kier alpha value is -1.84. The van der Waals surface area contributed by atoms with E-state index in [2.05, 4.69) is 5.32 Å². The van der Waals surface area contributed by atoms with E-state index in [1.54, 1.807) is 25.8 Å². The molecule has 0 aromatic carbocycles. The van der Waals surface area contributed by atoms with Gasteiger partial charge in [-0.2, -0.15) is 5.26 Å². The minimum atomic E-state index is -0.284. The minimum Gasteiger partial charge on any atom is -0.444 e. The molecule has 1 aromatic rings. The summed E-state index contributed by atoms with van der Waals surface area (Å²) in [6.07, 6.45) is 0. The molecule has 0 saturated heterocycles. The van der Waals surface area contributed by atoms with Gasteiger partial charge in [0.15, 0.2) is 0 Å². The van der Waals surface area contributed by atoms with Crippen LogP contribution >= 0.6 is 0 Å². The van der Waals surface area contributed by atoms with Crippen LogP contribution in [-0.2, 0) is 4.79 Å². The van der Waals surface area contributed by atoms with Gasteiger partial charge in [0.1, 0.15) is 17.4 Å². The molecule has 0 radical (unpaired) electrons. The number of hydrogen-bond acceptors (Lipinski definition) is 5. The molecule has 0 fully saturated rings. The van der Waals surface area contributed by atoms with Gasteiger partial charge >= 0.3 is 0 Å². The molecule has 0 saturated carbocycles. The highest BCUT2D eigenvalue weighted by atomic mass is 16.4. The summed E-state index contributed by atoms with van der Waals surface area (Å²) in [6.45, 7) is 5.42. The van der Waals surface area contributed by atoms with Crippen LogP contribution in [0.3, 0.4) is 0 Å². The molecule has 1 amide bonds. The summed E-state index contributed by atoms with van der Waals surface area (Å²) in [6, 6.07) is 1.91. The molecule has 0 aliphatic carbocycles. The summed E-state index contributed by atoms with van der Waals surface area (Å²) in [4.78, 5) is 13.5. The lowest BCUT2D eigenvalue weighted by atomic mass is 10.2. The largest absolute Gasteiger partial charge is 0.444 e. The molecule has 1 atom stereocenters. The minimum absolute atomic E-state index is 0.0216. The van der Waals surface area contributed by atoms with E-state index in [1.165, 1.54) is 0 Å². The topological polar surface area (TPSA) is 89.5 Å². The number of rotatable bonds is 5. The van der Waals surface area contributed by atoms with Crippen molar-refractivity contribution in [3.63, 3.8) is 0 Å². The highest BCUT2D eigenvalue weighted by molar-refractivity contribution is 5.92.